The van der Waals surface area contributed by atoms with Crippen LogP contribution in [-0.2, 0) is 11.3 Å². The van der Waals surface area contributed by atoms with Crippen LogP contribution in [0.25, 0.3) is 21.3 Å². The standard InChI is InChI=1S/C24H25N5O3S/c1-24(2,3)32-23(30)29(14-15-5-9-18(31-4)10-6-15)22-27-13-20(33-22)16-7-8-17-12-26-21(25)28-19(17)11-16/h5-13H,14H2,1-4H3,(H2,25,26,28). The molecular formula is C24H25N5O3S. The molecule has 0 unspecified atom stereocenters. The van der Waals surface area contributed by atoms with Crippen molar-refractivity contribution in [3.63, 3.8) is 0 Å². The zero-order chi connectivity index (χ0) is 23.6. The van der Waals surface area contributed by atoms with Gasteiger partial charge in [0.2, 0.25) is 5.95 Å². The third kappa shape index (κ3) is 5.38. The lowest BCUT2D eigenvalue weighted by Crippen LogP contribution is -2.36. The molecule has 2 aromatic heterocycles. The average Bonchev–Trinajstić information content (AvgIpc) is 3.26. The van der Waals surface area contributed by atoms with Crippen molar-refractivity contribution in [1.29, 1.82) is 0 Å². The van der Waals surface area contributed by atoms with Gasteiger partial charge in [0.15, 0.2) is 5.13 Å². The summed E-state index contributed by atoms with van der Waals surface area (Å²) in [4.78, 5) is 28.4. The smallest absolute Gasteiger partial charge is 0.416 e. The van der Waals surface area contributed by atoms with E-state index in [4.69, 9.17) is 15.2 Å². The molecule has 0 aliphatic heterocycles. The van der Waals surface area contributed by atoms with Gasteiger partial charge >= 0.3 is 6.09 Å². The van der Waals surface area contributed by atoms with Gasteiger partial charge in [-0.15, -0.1) is 0 Å². The Kier molecular flexibility index (Phi) is 6.15. The first-order valence-corrected chi connectivity index (χ1v) is 11.2. The number of ether oxygens (including phenoxy) is 2. The van der Waals surface area contributed by atoms with E-state index in [9.17, 15) is 4.79 Å². The number of hydrogen-bond donors (Lipinski definition) is 1. The number of fused-ring (bicyclic) bond motifs is 1. The van der Waals surface area contributed by atoms with Crippen molar-refractivity contribution in [2.75, 3.05) is 17.7 Å². The number of carbonyl (C=O) groups excluding carboxylic acids is 1. The molecule has 0 aliphatic carbocycles. The molecular weight excluding hydrogens is 438 g/mol. The van der Waals surface area contributed by atoms with E-state index in [-0.39, 0.29) is 5.95 Å². The Labute approximate surface area is 196 Å². The summed E-state index contributed by atoms with van der Waals surface area (Å²) < 4.78 is 10.9. The number of rotatable bonds is 5. The maximum atomic E-state index is 13.1. The van der Waals surface area contributed by atoms with Crippen molar-refractivity contribution >= 4 is 39.4 Å². The van der Waals surface area contributed by atoms with Crippen LogP contribution >= 0.6 is 11.3 Å². The number of hydrogen-bond acceptors (Lipinski definition) is 8. The molecule has 33 heavy (non-hydrogen) atoms. The molecule has 0 atom stereocenters. The van der Waals surface area contributed by atoms with Crippen LogP contribution < -0.4 is 15.4 Å². The minimum absolute atomic E-state index is 0.222. The van der Waals surface area contributed by atoms with Crippen LogP contribution in [0.1, 0.15) is 26.3 Å². The second-order valence-corrected chi connectivity index (χ2v) is 9.43. The topological polar surface area (TPSA) is 103 Å². The average molecular weight is 464 g/mol. The molecule has 170 valence electrons. The maximum absolute atomic E-state index is 13.1. The quantitative estimate of drug-likeness (QED) is 0.429. The van der Waals surface area contributed by atoms with Gasteiger partial charge in [-0.05, 0) is 50.1 Å². The van der Waals surface area contributed by atoms with E-state index >= 15 is 0 Å². The largest absolute Gasteiger partial charge is 0.497 e. The fourth-order valence-electron chi connectivity index (χ4n) is 3.15. The highest BCUT2D eigenvalue weighted by Crippen LogP contribution is 2.34. The molecule has 0 radical (unpaired) electrons. The monoisotopic (exact) mass is 463 g/mol. The third-order valence-corrected chi connectivity index (χ3v) is 5.79. The highest BCUT2D eigenvalue weighted by Gasteiger charge is 2.26. The minimum Gasteiger partial charge on any atom is -0.497 e. The van der Waals surface area contributed by atoms with E-state index < -0.39 is 11.7 Å². The molecule has 2 heterocycles. The molecule has 8 nitrogen and oxygen atoms in total. The zero-order valence-corrected chi connectivity index (χ0v) is 19.7. The SMILES string of the molecule is COc1ccc(CN(C(=O)OC(C)(C)C)c2ncc(-c3ccc4cnc(N)nc4c3)s2)cc1. The molecule has 0 saturated carbocycles. The van der Waals surface area contributed by atoms with Gasteiger partial charge in [-0.1, -0.05) is 35.6 Å². The van der Waals surface area contributed by atoms with E-state index in [2.05, 4.69) is 15.0 Å². The number of thiazole rings is 1. The number of nitrogen functional groups attached to an aromatic ring is 1. The molecule has 4 aromatic rings. The fraction of sp³-hybridized carbons (Fsp3) is 0.250. The summed E-state index contributed by atoms with van der Waals surface area (Å²) in [5.74, 6) is 0.972. The van der Waals surface area contributed by atoms with E-state index in [0.717, 1.165) is 32.7 Å². The molecule has 0 bridgehead atoms. The first-order valence-electron chi connectivity index (χ1n) is 10.3. The molecule has 0 spiro atoms. The van der Waals surface area contributed by atoms with Crippen LogP contribution in [0.4, 0.5) is 15.9 Å². The van der Waals surface area contributed by atoms with Crippen molar-refractivity contribution in [2.24, 2.45) is 0 Å². The molecule has 2 N–H and O–H groups in total. The number of aromatic nitrogens is 3. The Morgan fingerprint density at radius 1 is 1.09 bits per heavy atom. The molecule has 4 rings (SSSR count). The van der Waals surface area contributed by atoms with Crippen LogP contribution in [0.3, 0.4) is 0 Å². The number of amides is 1. The Bertz CT molecular complexity index is 1280. The summed E-state index contributed by atoms with van der Waals surface area (Å²) in [5.41, 5.74) is 7.71. The molecule has 0 aliphatic rings. The highest BCUT2D eigenvalue weighted by atomic mass is 32.1. The predicted molar refractivity (Wildman–Crippen MR) is 130 cm³/mol. The number of carbonyl (C=O) groups is 1. The molecule has 0 saturated heterocycles. The van der Waals surface area contributed by atoms with E-state index in [1.165, 1.54) is 11.3 Å². The molecule has 9 heteroatoms. The van der Waals surface area contributed by atoms with Crippen LogP contribution in [0.5, 0.6) is 5.75 Å². The number of anilines is 2. The Balaban J connectivity index is 1.66. The summed E-state index contributed by atoms with van der Waals surface area (Å²) in [6.07, 6.45) is 2.98. The Morgan fingerprint density at radius 3 is 2.55 bits per heavy atom. The lowest BCUT2D eigenvalue weighted by molar-refractivity contribution is 0.0577. The number of nitrogens with zero attached hydrogens (tertiary/aromatic N) is 4. The third-order valence-electron chi connectivity index (χ3n) is 4.72. The van der Waals surface area contributed by atoms with Gasteiger partial charge in [0.1, 0.15) is 11.4 Å². The predicted octanol–water partition coefficient (Wildman–Crippen LogP) is 5.29. The Hall–Kier alpha value is -3.72. The molecule has 1 amide bonds. The van der Waals surface area contributed by atoms with Crippen molar-refractivity contribution < 1.29 is 14.3 Å². The first-order chi connectivity index (χ1) is 15.7. The number of methoxy groups -OCH3 is 1. The van der Waals surface area contributed by atoms with Gasteiger partial charge in [0.05, 0.1) is 24.0 Å². The van der Waals surface area contributed by atoms with Crippen molar-refractivity contribution in [2.45, 2.75) is 32.9 Å². The number of nitrogens with two attached hydrogens (primary N) is 1. The Morgan fingerprint density at radius 2 is 1.85 bits per heavy atom. The zero-order valence-electron chi connectivity index (χ0n) is 18.9. The summed E-state index contributed by atoms with van der Waals surface area (Å²) in [7, 11) is 1.62. The number of benzene rings is 2. The fourth-order valence-corrected chi connectivity index (χ4v) is 4.06. The molecule has 2 aromatic carbocycles. The first kappa shape index (κ1) is 22.5. The van der Waals surface area contributed by atoms with Gasteiger partial charge < -0.3 is 15.2 Å². The van der Waals surface area contributed by atoms with Gasteiger partial charge in [-0.25, -0.2) is 24.6 Å². The lowest BCUT2D eigenvalue weighted by Gasteiger charge is -2.26. The van der Waals surface area contributed by atoms with Gasteiger partial charge in [-0.3, -0.25) is 0 Å². The van der Waals surface area contributed by atoms with Gasteiger partial charge in [0.25, 0.3) is 0 Å². The summed E-state index contributed by atoms with van der Waals surface area (Å²) in [5, 5.41) is 1.44. The van der Waals surface area contributed by atoms with Crippen LogP contribution in [0.2, 0.25) is 0 Å². The van der Waals surface area contributed by atoms with Crippen LogP contribution in [0.15, 0.2) is 54.9 Å². The van der Waals surface area contributed by atoms with Gasteiger partial charge in [-0.2, -0.15) is 0 Å². The molecule has 0 fully saturated rings. The van der Waals surface area contributed by atoms with Gasteiger partial charge in [0, 0.05) is 17.8 Å². The summed E-state index contributed by atoms with van der Waals surface area (Å²) in [6.45, 7) is 5.83. The van der Waals surface area contributed by atoms with Crippen LogP contribution in [0, 0.1) is 0 Å². The van der Waals surface area contributed by atoms with E-state index in [1.54, 1.807) is 24.4 Å². The highest BCUT2D eigenvalue weighted by molar-refractivity contribution is 7.19. The van der Waals surface area contributed by atoms with E-state index in [1.807, 2.05) is 63.2 Å². The normalized spacial score (nSPS) is 11.4. The lowest BCUT2D eigenvalue weighted by atomic mass is 10.1. The summed E-state index contributed by atoms with van der Waals surface area (Å²) in [6, 6.07) is 13.4. The summed E-state index contributed by atoms with van der Waals surface area (Å²) >= 11 is 1.40. The van der Waals surface area contributed by atoms with Crippen LogP contribution in [-0.4, -0.2) is 33.8 Å². The van der Waals surface area contributed by atoms with Crippen molar-refractivity contribution in [3.8, 4) is 16.2 Å². The van der Waals surface area contributed by atoms with Crippen molar-refractivity contribution in [1.82, 2.24) is 15.0 Å². The second-order valence-electron chi connectivity index (χ2n) is 8.42. The van der Waals surface area contributed by atoms with E-state index in [0.29, 0.717) is 11.7 Å². The maximum Gasteiger partial charge on any atom is 0.416 e. The second kappa shape index (κ2) is 9.03. The minimum atomic E-state index is -0.632. The van der Waals surface area contributed by atoms with Crippen molar-refractivity contribution in [3.05, 3.63) is 60.4 Å².